The van der Waals surface area contributed by atoms with Gasteiger partial charge in [-0.15, -0.1) is 0 Å². The van der Waals surface area contributed by atoms with Gasteiger partial charge in [0.25, 0.3) is 0 Å². The molecule has 0 atom stereocenters. The van der Waals surface area contributed by atoms with Crippen molar-refractivity contribution in [2.45, 2.75) is 27.4 Å². The molecule has 2 aromatic rings. The van der Waals surface area contributed by atoms with Gasteiger partial charge in [-0.05, 0) is 30.7 Å². The topological polar surface area (TPSA) is 48.7 Å². The van der Waals surface area contributed by atoms with E-state index in [0.29, 0.717) is 12.2 Å². The molecule has 19 heavy (non-hydrogen) atoms. The number of carbonyl (C=O) groups is 1. The summed E-state index contributed by atoms with van der Waals surface area (Å²) >= 11 is 0. The van der Waals surface area contributed by atoms with E-state index in [1.54, 1.807) is 19.2 Å². The monoisotopic (exact) mass is 264 g/mol. The zero-order valence-corrected chi connectivity index (χ0v) is 12.1. The average molecular weight is 264 g/mol. The second-order valence-corrected chi connectivity index (χ2v) is 3.85. The maximum Gasteiger partial charge on any atom is 0.337 e. The summed E-state index contributed by atoms with van der Waals surface area (Å²) in [6, 6.07) is 5.39. The second kappa shape index (κ2) is 6.95. The molecule has 0 bridgehead atoms. The van der Waals surface area contributed by atoms with Crippen LogP contribution in [0.25, 0.3) is 11.0 Å². The molecule has 0 amide bonds. The van der Waals surface area contributed by atoms with Gasteiger partial charge in [0.1, 0.15) is 18.0 Å². The minimum absolute atomic E-state index is 0.343. The fourth-order valence-corrected chi connectivity index (χ4v) is 1.83. The largest absolute Gasteiger partial charge is 0.465 e. The van der Waals surface area contributed by atoms with Crippen molar-refractivity contribution < 1.29 is 18.7 Å². The van der Waals surface area contributed by atoms with Gasteiger partial charge in [0, 0.05) is 12.5 Å². The molecule has 0 saturated heterocycles. The smallest absolute Gasteiger partial charge is 0.337 e. The predicted molar refractivity (Wildman–Crippen MR) is 74.4 cm³/mol. The van der Waals surface area contributed by atoms with Crippen molar-refractivity contribution in [2.75, 3.05) is 14.2 Å². The maximum absolute atomic E-state index is 11.5. The number of fused-ring (bicyclic) bond motifs is 1. The highest BCUT2D eigenvalue weighted by molar-refractivity contribution is 5.95. The van der Waals surface area contributed by atoms with E-state index in [0.717, 1.165) is 22.3 Å². The fraction of sp³-hybridized carbons (Fsp3) is 0.400. The molecule has 1 heterocycles. The van der Waals surface area contributed by atoms with Crippen LogP contribution in [0.4, 0.5) is 0 Å². The predicted octanol–water partition coefficient (Wildman–Crippen LogP) is 3.70. The lowest BCUT2D eigenvalue weighted by Gasteiger charge is -2.01. The van der Waals surface area contributed by atoms with Gasteiger partial charge < -0.3 is 13.9 Å². The Morgan fingerprint density at radius 2 is 1.89 bits per heavy atom. The van der Waals surface area contributed by atoms with Crippen molar-refractivity contribution in [2.24, 2.45) is 0 Å². The van der Waals surface area contributed by atoms with Gasteiger partial charge in [-0.25, -0.2) is 4.79 Å². The lowest BCUT2D eigenvalue weighted by atomic mass is 10.1. The number of hydrogen-bond acceptors (Lipinski definition) is 4. The van der Waals surface area contributed by atoms with Gasteiger partial charge in [-0.2, -0.15) is 0 Å². The summed E-state index contributed by atoms with van der Waals surface area (Å²) in [6.45, 7) is 6.32. The Morgan fingerprint density at radius 3 is 2.47 bits per heavy atom. The number of ether oxygens (including phenoxy) is 2. The van der Waals surface area contributed by atoms with Crippen LogP contribution in [0, 0.1) is 6.92 Å². The molecular weight excluding hydrogens is 244 g/mol. The number of hydrogen-bond donors (Lipinski definition) is 0. The summed E-state index contributed by atoms with van der Waals surface area (Å²) in [5.74, 6) is 0.400. The van der Waals surface area contributed by atoms with E-state index in [4.69, 9.17) is 13.9 Å². The van der Waals surface area contributed by atoms with Crippen molar-refractivity contribution in [3.8, 4) is 0 Å². The Morgan fingerprint density at radius 1 is 1.21 bits per heavy atom. The molecule has 0 spiro atoms. The van der Waals surface area contributed by atoms with E-state index in [2.05, 4.69) is 0 Å². The summed E-state index contributed by atoms with van der Waals surface area (Å²) in [5, 5.41) is 0.887. The third kappa shape index (κ3) is 3.35. The molecule has 1 aromatic heterocycles. The van der Waals surface area contributed by atoms with Crippen molar-refractivity contribution in [3.05, 3.63) is 35.1 Å². The van der Waals surface area contributed by atoms with E-state index in [-0.39, 0.29) is 5.97 Å². The third-order valence-electron chi connectivity index (χ3n) is 2.56. The number of methoxy groups -OCH3 is 2. The molecule has 0 aliphatic rings. The van der Waals surface area contributed by atoms with Crippen LogP contribution in [0.3, 0.4) is 0 Å². The molecular formula is C15H20O4. The number of benzene rings is 1. The van der Waals surface area contributed by atoms with Gasteiger partial charge in [-0.3, -0.25) is 0 Å². The van der Waals surface area contributed by atoms with Crippen LogP contribution >= 0.6 is 0 Å². The van der Waals surface area contributed by atoms with Crippen molar-refractivity contribution in [1.29, 1.82) is 0 Å². The molecule has 104 valence electrons. The molecule has 0 aliphatic carbocycles. The first-order chi connectivity index (χ1) is 9.15. The van der Waals surface area contributed by atoms with Gasteiger partial charge >= 0.3 is 5.97 Å². The van der Waals surface area contributed by atoms with Gasteiger partial charge in [0.15, 0.2) is 0 Å². The van der Waals surface area contributed by atoms with E-state index >= 15 is 0 Å². The third-order valence-corrected chi connectivity index (χ3v) is 2.56. The molecule has 0 fully saturated rings. The van der Waals surface area contributed by atoms with Gasteiger partial charge in [0.05, 0.1) is 12.7 Å². The number of esters is 1. The zero-order valence-electron chi connectivity index (χ0n) is 12.1. The number of carbonyl (C=O) groups excluding carboxylic acids is 1. The average Bonchev–Trinajstić information content (AvgIpc) is 2.83. The van der Waals surface area contributed by atoms with E-state index in [1.165, 1.54) is 7.11 Å². The van der Waals surface area contributed by atoms with E-state index in [1.807, 2.05) is 26.8 Å². The van der Waals surface area contributed by atoms with Crippen LogP contribution < -0.4 is 0 Å². The zero-order chi connectivity index (χ0) is 14.4. The van der Waals surface area contributed by atoms with Crippen molar-refractivity contribution in [3.63, 3.8) is 0 Å². The van der Waals surface area contributed by atoms with Crippen molar-refractivity contribution in [1.82, 2.24) is 0 Å². The van der Waals surface area contributed by atoms with Gasteiger partial charge in [0.2, 0.25) is 0 Å². The number of aryl methyl sites for hydroxylation is 1. The molecule has 0 radical (unpaired) electrons. The van der Waals surface area contributed by atoms with Crippen LogP contribution in [0.15, 0.2) is 22.6 Å². The first kappa shape index (κ1) is 15.2. The fourth-order valence-electron chi connectivity index (χ4n) is 1.83. The Kier molecular flexibility index (Phi) is 5.57. The van der Waals surface area contributed by atoms with E-state index in [9.17, 15) is 4.79 Å². The van der Waals surface area contributed by atoms with Crippen LogP contribution in [0.5, 0.6) is 0 Å². The van der Waals surface area contributed by atoms with Crippen LogP contribution in [-0.2, 0) is 16.1 Å². The molecule has 0 saturated carbocycles. The summed E-state index contributed by atoms with van der Waals surface area (Å²) in [6.07, 6.45) is 0. The van der Waals surface area contributed by atoms with Crippen LogP contribution in [0.2, 0.25) is 0 Å². The summed E-state index contributed by atoms with van der Waals surface area (Å²) in [4.78, 5) is 11.5. The van der Waals surface area contributed by atoms with Crippen LogP contribution in [-0.4, -0.2) is 20.2 Å². The lowest BCUT2D eigenvalue weighted by molar-refractivity contribution is 0.0601. The van der Waals surface area contributed by atoms with Gasteiger partial charge in [-0.1, -0.05) is 13.8 Å². The Bertz CT molecular complexity index is 555. The molecule has 4 heteroatoms. The number of furan rings is 1. The van der Waals surface area contributed by atoms with Crippen LogP contribution in [0.1, 0.15) is 35.5 Å². The molecule has 0 N–H and O–H groups in total. The van der Waals surface area contributed by atoms with Crippen molar-refractivity contribution >= 4 is 16.9 Å². The summed E-state index contributed by atoms with van der Waals surface area (Å²) in [5.41, 5.74) is 2.22. The normalized spacial score (nSPS) is 9.95. The molecule has 0 unspecified atom stereocenters. The summed E-state index contributed by atoms with van der Waals surface area (Å²) < 4.78 is 15.3. The lowest BCUT2D eigenvalue weighted by Crippen LogP contribution is -2.01. The molecule has 2 rings (SSSR count). The maximum atomic E-state index is 11.5. The first-order valence-electron chi connectivity index (χ1n) is 6.26. The highest BCUT2D eigenvalue weighted by Gasteiger charge is 2.12. The number of rotatable bonds is 3. The molecule has 0 aliphatic heterocycles. The Labute approximate surface area is 113 Å². The standard InChI is InChI=1S/C13H14O4.C2H6/c1-8-4-10(13(14)16-3)5-9-6-11(7-15-2)17-12(8)9;1-2/h4-6H,7H2,1-3H3;1-2H3. The quantitative estimate of drug-likeness (QED) is 0.793. The van der Waals surface area contributed by atoms with E-state index < -0.39 is 0 Å². The Balaban J connectivity index is 0.000000861. The summed E-state index contributed by atoms with van der Waals surface area (Å²) in [7, 11) is 2.98. The Hall–Kier alpha value is -1.81. The highest BCUT2D eigenvalue weighted by atomic mass is 16.5. The molecule has 1 aromatic carbocycles. The minimum Gasteiger partial charge on any atom is -0.465 e. The minimum atomic E-state index is -0.343. The highest BCUT2D eigenvalue weighted by Crippen LogP contribution is 2.25. The SMILES string of the molecule is CC.COCc1cc2cc(C(=O)OC)cc(C)c2o1. The second-order valence-electron chi connectivity index (χ2n) is 3.85. The molecule has 4 nitrogen and oxygen atoms in total. The first-order valence-corrected chi connectivity index (χ1v) is 6.26.